The highest BCUT2D eigenvalue weighted by Crippen LogP contribution is 2.32. The minimum absolute atomic E-state index is 0.0598. The van der Waals surface area contributed by atoms with Crippen LogP contribution in [0.1, 0.15) is 17.7 Å². The number of sulfone groups is 1. The van der Waals surface area contributed by atoms with Gasteiger partial charge in [-0.15, -0.1) is 0 Å². The molecule has 0 bridgehead atoms. The second-order valence-electron chi connectivity index (χ2n) is 5.69. The van der Waals surface area contributed by atoms with Crippen LogP contribution in [0.25, 0.3) is 0 Å². The summed E-state index contributed by atoms with van der Waals surface area (Å²) in [7, 11) is -3.37. The van der Waals surface area contributed by atoms with Gasteiger partial charge in [0.25, 0.3) is 0 Å². The van der Waals surface area contributed by atoms with E-state index in [1.807, 2.05) is 4.90 Å². The molecule has 0 aliphatic carbocycles. The largest absolute Gasteiger partial charge is 0.448 e. The molecule has 0 atom stereocenters. The lowest BCUT2D eigenvalue weighted by atomic mass is 10.0. The third-order valence-electron chi connectivity index (χ3n) is 3.84. The first-order chi connectivity index (χ1) is 11.3. The minimum atomic E-state index is -3.37. The average molecular weight is 357 g/mol. The van der Waals surface area contributed by atoms with Crippen LogP contribution in [0, 0.1) is 0 Å². The summed E-state index contributed by atoms with van der Waals surface area (Å²) < 4.78 is 57.4. The van der Waals surface area contributed by atoms with E-state index in [1.165, 1.54) is 12.1 Å². The molecular weight excluding hydrogens is 340 g/mol. The number of alkyl halides is 2. The molecule has 1 aromatic carbocycles. The summed E-state index contributed by atoms with van der Waals surface area (Å²) in [5.74, 6) is 0.680. The molecule has 2 heterocycles. The van der Waals surface area contributed by atoms with Gasteiger partial charge in [0, 0.05) is 18.5 Å². The van der Waals surface area contributed by atoms with Gasteiger partial charge >= 0.3 is 6.61 Å². The van der Waals surface area contributed by atoms with Crippen molar-refractivity contribution in [2.75, 3.05) is 17.7 Å². The number of benzene rings is 1. The minimum Gasteiger partial charge on any atom is -0.448 e. The SMILES string of the molecule is CS(=O)(=O)c1ccc(CN2CCCc3cc(OC(F)F)ccc32)o1. The van der Waals surface area contributed by atoms with Crippen molar-refractivity contribution in [1.82, 2.24) is 0 Å². The summed E-state index contributed by atoms with van der Waals surface area (Å²) in [5.41, 5.74) is 1.84. The lowest BCUT2D eigenvalue weighted by Gasteiger charge is -2.30. The van der Waals surface area contributed by atoms with Crippen LogP contribution >= 0.6 is 0 Å². The molecule has 0 saturated heterocycles. The van der Waals surface area contributed by atoms with Crippen LogP contribution in [0.15, 0.2) is 39.8 Å². The molecule has 3 rings (SSSR count). The Hall–Kier alpha value is -2.09. The maximum Gasteiger partial charge on any atom is 0.387 e. The molecule has 0 saturated carbocycles. The van der Waals surface area contributed by atoms with E-state index < -0.39 is 16.4 Å². The number of anilines is 1. The van der Waals surface area contributed by atoms with E-state index in [1.54, 1.807) is 18.2 Å². The van der Waals surface area contributed by atoms with Crippen molar-refractivity contribution in [3.63, 3.8) is 0 Å². The third-order valence-corrected chi connectivity index (χ3v) is 4.79. The van der Waals surface area contributed by atoms with E-state index in [0.717, 1.165) is 36.9 Å². The Morgan fingerprint density at radius 1 is 1.29 bits per heavy atom. The summed E-state index contributed by atoms with van der Waals surface area (Å²) in [6, 6.07) is 7.95. The number of halogens is 2. The zero-order valence-electron chi connectivity index (χ0n) is 13.0. The van der Waals surface area contributed by atoms with E-state index in [9.17, 15) is 17.2 Å². The van der Waals surface area contributed by atoms with Crippen molar-refractivity contribution in [3.05, 3.63) is 41.7 Å². The van der Waals surface area contributed by atoms with E-state index in [4.69, 9.17) is 4.42 Å². The van der Waals surface area contributed by atoms with E-state index in [0.29, 0.717) is 12.3 Å². The van der Waals surface area contributed by atoms with Gasteiger partial charge in [-0.2, -0.15) is 8.78 Å². The number of hydrogen-bond donors (Lipinski definition) is 0. The maximum absolute atomic E-state index is 12.3. The molecule has 0 fully saturated rings. The molecule has 0 amide bonds. The fraction of sp³-hybridized carbons (Fsp3) is 0.375. The predicted octanol–water partition coefficient (Wildman–Crippen LogP) is 3.24. The fourth-order valence-electron chi connectivity index (χ4n) is 2.82. The number of hydrogen-bond acceptors (Lipinski definition) is 5. The van der Waals surface area contributed by atoms with Crippen LogP contribution in [-0.2, 0) is 22.8 Å². The number of fused-ring (bicyclic) bond motifs is 1. The Labute approximate surface area is 138 Å². The van der Waals surface area contributed by atoms with Gasteiger partial charge in [0.1, 0.15) is 11.5 Å². The van der Waals surface area contributed by atoms with Crippen molar-refractivity contribution in [3.8, 4) is 5.75 Å². The molecule has 1 aliphatic heterocycles. The van der Waals surface area contributed by atoms with Crippen LogP contribution in [0.2, 0.25) is 0 Å². The summed E-state index contributed by atoms with van der Waals surface area (Å²) in [6.45, 7) is -1.66. The third kappa shape index (κ3) is 3.69. The second-order valence-corrected chi connectivity index (χ2v) is 7.63. The summed E-state index contributed by atoms with van der Waals surface area (Å²) >= 11 is 0. The zero-order valence-corrected chi connectivity index (χ0v) is 13.9. The summed E-state index contributed by atoms with van der Waals surface area (Å²) in [4.78, 5) is 2.04. The summed E-state index contributed by atoms with van der Waals surface area (Å²) in [6.07, 6.45) is 2.74. The fourth-order valence-corrected chi connectivity index (χ4v) is 3.40. The average Bonchev–Trinajstić information content (AvgIpc) is 2.95. The lowest BCUT2D eigenvalue weighted by Crippen LogP contribution is -2.28. The highest BCUT2D eigenvalue weighted by Gasteiger charge is 2.20. The number of furan rings is 1. The Morgan fingerprint density at radius 2 is 2.08 bits per heavy atom. The number of ether oxygens (including phenoxy) is 1. The van der Waals surface area contributed by atoms with E-state index in [-0.39, 0.29) is 10.8 Å². The van der Waals surface area contributed by atoms with Crippen molar-refractivity contribution < 1.29 is 26.4 Å². The Bertz CT molecular complexity index is 832. The molecule has 5 nitrogen and oxygen atoms in total. The van der Waals surface area contributed by atoms with Crippen molar-refractivity contribution in [2.45, 2.75) is 31.1 Å². The van der Waals surface area contributed by atoms with Crippen molar-refractivity contribution in [2.24, 2.45) is 0 Å². The molecule has 0 spiro atoms. The summed E-state index contributed by atoms with van der Waals surface area (Å²) in [5, 5.41) is -0.0598. The van der Waals surface area contributed by atoms with Gasteiger partial charge in [-0.05, 0) is 48.7 Å². The first kappa shape index (κ1) is 16.8. The number of aryl methyl sites for hydroxylation is 1. The first-order valence-electron chi connectivity index (χ1n) is 7.44. The van der Waals surface area contributed by atoms with Gasteiger partial charge in [-0.25, -0.2) is 8.42 Å². The maximum atomic E-state index is 12.3. The van der Waals surface area contributed by atoms with Crippen LogP contribution in [0.4, 0.5) is 14.5 Å². The van der Waals surface area contributed by atoms with Crippen LogP contribution in [-0.4, -0.2) is 27.8 Å². The molecule has 8 heteroatoms. The van der Waals surface area contributed by atoms with Crippen molar-refractivity contribution >= 4 is 15.5 Å². The first-order valence-corrected chi connectivity index (χ1v) is 9.33. The second kappa shape index (κ2) is 6.43. The van der Waals surface area contributed by atoms with E-state index >= 15 is 0 Å². The Kier molecular flexibility index (Phi) is 4.49. The Balaban J connectivity index is 1.81. The lowest BCUT2D eigenvalue weighted by molar-refractivity contribution is -0.0498. The van der Waals surface area contributed by atoms with Gasteiger partial charge in [-0.1, -0.05) is 0 Å². The number of nitrogens with zero attached hydrogens (tertiary/aromatic N) is 1. The molecule has 0 unspecified atom stereocenters. The molecule has 0 N–H and O–H groups in total. The van der Waals surface area contributed by atoms with Crippen LogP contribution in [0.3, 0.4) is 0 Å². The molecule has 0 radical (unpaired) electrons. The Morgan fingerprint density at radius 3 is 2.75 bits per heavy atom. The molecule has 2 aromatic rings. The highest BCUT2D eigenvalue weighted by atomic mass is 32.2. The quantitative estimate of drug-likeness (QED) is 0.822. The molecule has 1 aliphatic rings. The van der Waals surface area contributed by atoms with Crippen LogP contribution in [0.5, 0.6) is 5.75 Å². The highest BCUT2D eigenvalue weighted by molar-refractivity contribution is 7.90. The molecular formula is C16H17F2NO4S. The number of rotatable bonds is 5. The van der Waals surface area contributed by atoms with Gasteiger partial charge in [0.05, 0.1) is 6.54 Å². The predicted molar refractivity (Wildman–Crippen MR) is 84.3 cm³/mol. The molecule has 24 heavy (non-hydrogen) atoms. The van der Waals surface area contributed by atoms with Gasteiger partial charge in [-0.3, -0.25) is 0 Å². The van der Waals surface area contributed by atoms with Crippen LogP contribution < -0.4 is 9.64 Å². The molecule has 130 valence electrons. The van der Waals surface area contributed by atoms with Crippen molar-refractivity contribution in [1.29, 1.82) is 0 Å². The topological polar surface area (TPSA) is 59.8 Å². The van der Waals surface area contributed by atoms with Gasteiger partial charge in [0.15, 0.2) is 0 Å². The standard InChI is InChI=1S/C16H17F2NO4S/c1-24(20,21)15-7-5-13(22-15)10-19-8-2-3-11-9-12(23-16(17)18)4-6-14(11)19/h4-7,9,16H,2-3,8,10H2,1H3. The smallest absolute Gasteiger partial charge is 0.387 e. The monoisotopic (exact) mass is 357 g/mol. The van der Waals surface area contributed by atoms with Gasteiger partial charge in [0.2, 0.25) is 14.9 Å². The normalized spacial score (nSPS) is 14.8. The zero-order chi connectivity index (χ0) is 17.3. The van der Waals surface area contributed by atoms with Gasteiger partial charge < -0.3 is 14.1 Å². The molecule has 1 aromatic heterocycles. The van der Waals surface area contributed by atoms with E-state index in [2.05, 4.69) is 4.74 Å².